The largest absolute Gasteiger partial charge is 0.418 e. The van der Waals surface area contributed by atoms with Crippen molar-refractivity contribution in [3.05, 3.63) is 244 Å². The summed E-state index contributed by atoms with van der Waals surface area (Å²) in [5, 5.41) is 11.4. The van der Waals surface area contributed by atoms with Gasteiger partial charge in [-0.3, -0.25) is 52.4 Å². The van der Waals surface area contributed by atoms with Crippen molar-refractivity contribution in [3.63, 3.8) is 0 Å². The molecule has 12 rings (SSSR count). The third kappa shape index (κ3) is 13.5. The van der Waals surface area contributed by atoms with Crippen LogP contribution in [0.15, 0.2) is 177 Å². The lowest BCUT2D eigenvalue weighted by Crippen LogP contribution is -2.20. The van der Waals surface area contributed by atoms with Crippen molar-refractivity contribution in [1.29, 1.82) is 0 Å². The molecule has 0 aliphatic rings. The molecule has 0 saturated heterocycles. The van der Waals surface area contributed by atoms with Gasteiger partial charge in [0.25, 0.3) is 16.7 Å². The van der Waals surface area contributed by atoms with E-state index in [1.807, 2.05) is 0 Å². The summed E-state index contributed by atoms with van der Waals surface area (Å²) in [4.78, 5) is 56.5. The molecule has 0 aliphatic carbocycles. The zero-order chi connectivity index (χ0) is 64.1. The normalized spacial score (nSPS) is 12.2. The maximum absolute atomic E-state index is 14.0. The molecule has 9 heterocycles. The van der Waals surface area contributed by atoms with Crippen LogP contribution in [0.4, 0.5) is 39.5 Å². The van der Waals surface area contributed by atoms with E-state index in [9.17, 15) is 59.0 Å². The smallest absolute Gasteiger partial charge is 0.382 e. The number of nitrogens with one attached hydrogen (secondary N) is 1. The molecule has 3 aromatic carbocycles. The number of aromatic amines is 1. The van der Waals surface area contributed by atoms with Crippen LogP contribution in [0.2, 0.25) is 0 Å². The fourth-order valence-electron chi connectivity index (χ4n) is 10.3. The van der Waals surface area contributed by atoms with Gasteiger partial charge in [-0.15, -0.1) is 0 Å². The van der Waals surface area contributed by atoms with E-state index in [2.05, 4.69) is 56.8 Å². The van der Waals surface area contributed by atoms with Gasteiger partial charge in [-0.2, -0.15) is 39.5 Å². The van der Waals surface area contributed by atoms with E-state index in [-0.39, 0.29) is 71.9 Å². The van der Waals surface area contributed by atoms with E-state index in [0.717, 1.165) is 38.7 Å². The van der Waals surface area contributed by atoms with Crippen molar-refractivity contribution in [1.82, 2.24) is 62.1 Å². The van der Waals surface area contributed by atoms with E-state index in [1.165, 1.54) is 65.2 Å². The predicted octanol–water partition coefficient (Wildman–Crippen LogP) is 12.2. The number of aliphatic hydroxyl groups is 1. The lowest BCUT2D eigenvalue weighted by molar-refractivity contribution is -0.139. The highest BCUT2D eigenvalue weighted by Gasteiger charge is 2.37. The van der Waals surface area contributed by atoms with E-state index < -0.39 is 40.8 Å². The van der Waals surface area contributed by atoms with Crippen LogP contribution in [-0.4, -0.2) is 67.3 Å². The number of hydrogen-bond acceptors (Lipinski definition) is 8. The zero-order valence-electron chi connectivity index (χ0n) is 47.7. The Morgan fingerprint density at radius 3 is 1.28 bits per heavy atom. The van der Waals surface area contributed by atoms with E-state index in [4.69, 9.17) is 0 Å². The van der Waals surface area contributed by atoms with Gasteiger partial charge >= 0.3 is 18.5 Å². The van der Waals surface area contributed by atoms with Crippen molar-refractivity contribution in [3.8, 4) is 11.1 Å². The summed E-state index contributed by atoms with van der Waals surface area (Å²) in [6.07, 6.45) is 3.41. The molecule has 0 amide bonds. The van der Waals surface area contributed by atoms with Crippen molar-refractivity contribution < 1.29 is 44.6 Å². The van der Waals surface area contributed by atoms with Crippen LogP contribution in [0.3, 0.4) is 0 Å². The first kappa shape index (κ1) is 63.0. The Kier molecular flexibility index (Phi) is 17.4. The van der Waals surface area contributed by atoms with Gasteiger partial charge in [0, 0.05) is 140 Å². The second-order valence-electron chi connectivity index (χ2n) is 21.4. The molecule has 0 radical (unpaired) electrons. The average molecular weight is 1360 g/mol. The topological polar surface area (TPSA) is 178 Å². The molecule has 89 heavy (non-hydrogen) atoms. The van der Waals surface area contributed by atoms with Gasteiger partial charge in [0.05, 0.1) is 69.0 Å². The number of aromatic nitrogens is 13. The molecule has 0 saturated carbocycles. The molecule has 0 aliphatic heterocycles. The molecule has 9 aromatic heterocycles. The van der Waals surface area contributed by atoms with Crippen LogP contribution in [0.1, 0.15) is 64.2 Å². The minimum atomic E-state index is -4.57. The molecule has 0 bridgehead atoms. The summed E-state index contributed by atoms with van der Waals surface area (Å²) in [6.45, 7) is 3.36. The standard InChI is InChI=1S/C27H25F3N6O2.C20H16BrF3N4O.C14H11BrF3N3O/c1-26(2,38)25-32-11-19(12-33-25)18-6-7-21-23(9-18)36(34(3)24(21)37)15-20-14-35(16-22(20)27(28,29)30)13-17-5-4-8-31-10-17;1-26-19(29)16-5-4-15(21)7-18(16)28(26)11-14-10-27(12-17(14)20(22,23)24)9-13-3-2-6-25-8-13;1-20-13(22)10-3-2-9(15)4-12(10)21(20)7-8-5-19-6-11(8)14(16,17)18/h4-12,14,16,38H,13,15H2,1-3H3;2-8,10,12H,9,11H2,1H3;2-6,19H,7H2,1H3. The lowest BCUT2D eigenvalue weighted by atomic mass is 10.1. The van der Waals surface area contributed by atoms with Crippen LogP contribution in [-0.2, 0) is 78.0 Å². The van der Waals surface area contributed by atoms with Crippen LogP contribution >= 0.6 is 31.9 Å². The number of rotatable bonds is 12. The fraction of sp³-hybridized carbons (Fsp3) is 0.230. The third-order valence-electron chi connectivity index (χ3n) is 14.8. The molecular weight excluding hydrogens is 1310 g/mol. The van der Waals surface area contributed by atoms with Gasteiger partial charge in [-0.25, -0.2) is 9.97 Å². The molecule has 0 unspecified atom stereocenters. The average Bonchev–Trinajstić information content (AvgIpc) is 1.67. The molecule has 0 fully saturated rings. The van der Waals surface area contributed by atoms with Crippen LogP contribution in [0.5, 0.6) is 0 Å². The summed E-state index contributed by atoms with van der Waals surface area (Å²) in [5.41, 5.74) is 0.513. The Balaban J connectivity index is 0.000000153. The number of pyridine rings is 2. The summed E-state index contributed by atoms with van der Waals surface area (Å²) >= 11 is 6.67. The minimum absolute atomic E-state index is 0.0390. The molecule has 0 atom stereocenters. The number of halogens is 11. The number of nitrogens with zero attached hydrogens (tertiary/aromatic N) is 12. The predicted molar refractivity (Wildman–Crippen MR) is 322 cm³/mol. The Labute approximate surface area is 515 Å². The second-order valence-corrected chi connectivity index (χ2v) is 23.2. The summed E-state index contributed by atoms with van der Waals surface area (Å²) in [6, 6.07) is 22.4. The highest BCUT2D eigenvalue weighted by molar-refractivity contribution is 9.10. The molecule has 28 heteroatoms. The quantitative estimate of drug-likeness (QED) is 0.113. The van der Waals surface area contributed by atoms with Gasteiger partial charge in [-0.05, 0) is 91.2 Å². The number of fused-ring (bicyclic) bond motifs is 3. The Morgan fingerprint density at radius 2 is 0.888 bits per heavy atom. The van der Waals surface area contributed by atoms with Crippen LogP contribution in [0, 0.1) is 0 Å². The minimum Gasteiger partial charge on any atom is -0.382 e. The van der Waals surface area contributed by atoms with Gasteiger partial charge < -0.3 is 19.2 Å². The SMILES string of the molecule is Cn1c(=O)c2ccc(-c3cnc(C(C)(C)O)nc3)cc2n1Cc1cn(Cc2cccnc2)cc1C(F)(F)F.Cn1c(=O)c2ccc(Br)cc2n1Cc1c[nH]cc1C(F)(F)F.Cn1c(=O)c2ccc(Br)cc2n1Cc1cn(Cc2cccnc2)cc1C(F)(F)F. The summed E-state index contributed by atoms with van der Waals surface area (Å²) < 4.78 is 135. The van der Waals surface area contributed by atoms with Crippen molar-refractivity contribution in [2.75, 3.05) is 0 Å². The maximum atomic E-state index is 14.0. The highest BCUT2D eigenvalue weighted by atomic mass is 79.9. The second kappa shape index (κ2) is 24.5. The maximum Gasteiger partial charge on any atom is 0.418 e. The molecule has 462 valence electrons. The number of hydrogen-bond donors (Lipinski definition) is 2. The highest BCUT2D eigenvalue weighted by Crippen LogP contribution is 2.37. The number of benzene rings is 3. The van der Waals surface area contributed by atoms with Crippen molar-refractivity contribution >= 4 is 64.6 Å². The van der Waals surface area contributed by atoms with E-state index >= 15 is 0 Å². The van der Waals surface area contributed by atoms with Gasteiger partial charge in [0.2, 0.25) is 0 Å². The fourth-order valence-corrected chi connectivity index (χ4v) is 11.0. The third-order valence-corrected chi connectivity index (χ3v) is 15.7. The first-order chi connectivity index (χ1) is 41.9. The van der Waals surface area contributed by atoms with Crippen LogP contribution in [0.25, 0.3) is 43.8 Å². The monoisotopic (exact) mass is 1360 g/mol. The van der Waals surface area contributed by atoms with Crippen LogP contribution < -0.4 is 16.7 Å². The summed E-state index contributed by atoms with van der Waals surface area (Å²) in [5.74, 6) is 0.259. The molecule has 17 nitrogen and oxygen atoms in total. The van der Waals surface area contributed by atoms with Crippen molar-refractivity contribution in [2.24, 2.45) is 21.1 Å². The first-order valence-corrected chi connectivity index (χ1v) is 28.5. The lowest BCUT2D eigenvalue weighted by Gasteiger charge is -2.15. The Morgan fingerprint density at radius 1 is 0.483 bits per heavy atom. The van der Waals surface area contributed by atoms with E-state index in [0.29, 0.717) is 43.8 Å². The summed E-state index contributed by atoms with van der Waals surface area (Å²) in [7, 11) is 4.62. The first-order valence-electron chi connectivity index (χ1n) is 26.9. The Hall–Kier alpha value is -9.02. The Bertz CT molecular complexity index is 4730. The number of alkyl halides is 9. The van der Waals surface area contributed by atoms with Crippen molar-refractivity contribution in [2.45, 2.75) is 70.7 Å². The zero-order valence-corrected chi connectivity index (χ0v) is 50.8. The number of H-pyrrole nitrogens is 1. The van der Waals surface area contributed by atoms with Gasteiger partial charge in [0.1, 0.15) is 5.60 Å². The molecule has 2 N–H and O–H groups in total. The van der Waals surface area contributed by atoms with Gasteiger partial charge in [-0.1, -0.05) is 50.1 Å². The molecular formula is C61H52Br2F9N13O4. The molecule has 0 spiro atoms. The molecule has 12 aromatic rings. The van der Waals surface area contributed by atoms with Gasteiger partial charge in [0.15, 0.2) is 5.82 Å². The van der Waals surface area contributed by atoms with E-state index in [1.54, 1.807) is 142 Å².